The molecule has 0 radical (unpaired) electrons. The van der Waals surface area contributed by atoms with Crippen LogP contribution in [0, 0.1) is 0 Å². The second kappa shape index (κ2) is 9.17. The number of benzene rings is 2. The zero-order valence-corrected chi connectivity index (χ0v) is 16.2. The molecule has 0 bridgehead atoms. The summed E-state index contributed by atoms with van der Waals surface area (Å²) in [5.74, 6) is 1.16. The highest BCUT2D eigenvalue weighted by atomic mass is 16.5. The van der Waals surface area contributed by atoms with Crippen molar-refractivity contribution in [3.05, 3.63) is 53.6 Å². The van der Waals surface area contributed by atoms with Crippen molar-refractivity contribution in [2.24, 2.45) is 0 Å². The van der Waals surface area contributed by atoms with Gasteiger partial charge in [0, 0.05) is 24.9 Å². The molecule has 6 heteroatoms. The molecule has 28 heavy (non-hydrogen) atoms. The standard InChI is InChI=1S/C22H25NO5/c1-26-18-6-7-19-17(15-18)10-12-23(19)11-3-13-28-20-8-4-16(5-9-22(24)25)14-21(20)27-2/h4-9,14-15H,3,10-13H2,1-2H3,(H,24,25)/b9-5+. The quantitative estimate of drug-likeness (QED) is 0.527. The summed E-state index contributed by atoms with van der Waals surface area (Å²) in [6, 6.07) is 11.6. The molecule has 1 heterocycles. The smallest absolute Gasteiger partial charge is 0.328 e. The number of carboxylic acids is 1. The summed E-state index contributed by atoms with van der Waals surface area (Å²) < 4.78 is 16.5. The third-order valence-electron chi connectivity index (χ3n) is 4.71. The van der Waals surface area contributed by atoms with Crippen LogP contribution in [-0.2, 0) is 11.2 Å². The SMILES string of the molecule is COc1ccc2c(c1)CCN2CCCOc1ccc(/C=C/C(=O)O)cc1OC. The second-order valence-electron chi connectivity index (χ2n) is 6.52. The maximum Gasteiger partial charge on any atom is 0.328 e. The van der Waals surface area contributed by atoms with E-state index in [0.29, 0.717) is 18.1 Å². The molecule has 0 saturated heterocycles. The Morgan fingerprint density at radius 3 is 2.75 bits per heavy atom. The molecule has 0 amide bonds. The topological polar surface area (TPSA) is 68.2 Å². The van der Waals surface area contributed by atoms with Crippen molar-refractivity contribution in [2.45, 2.75) is 12.8 Å². The van der Waals surface area contributed by atoms with Crippen LogP contribution in [-0.4, -0.2) is 45.0 Å². The summed E-state index contributed by atoms with van der Waals surface area (Å²) in [6.07, 6.45) is 4.54. The maximum atomic E-state index is 10.6. The van der Waals surface area contributed by atoms with Gasteiger partial charge in [-0.15, -0.1) is 0 Å². The van der Waals surface area contributed by atoms with Crippen LogP contribution in [0.15, 0.2) is 42.5 Å². The van der Waals surface area contributed by atoms with Gasteiger partial charge >= 0.3 is 5.97 Å². The van der Waals surface area contributed by atoms with Crippen LogP contribution in [0.1, 0.15) is 17.5 Å². The van der Waals surface area contributed by atoms with Crippen LogP contribution in [0.4, 0.5) is 5.69 Å². The summed E-state index contributed by atoms with van der Waals surface area (Å²) in [6.45, 7) is 2.50. The highest BCUT2D eigenvalue weighted by Crippen LogP contribution is 2.32. The molecule has 148 valence electrons. The van der Waals surface area contributed by atoms with E-state index in [4.69, 9.17) is 19.3 Å². The van der Waals surface area contributed by atoms with E-state index in [1.54, 1.807) is 32.4 Å². The first-order chi connectivity index (χ1) is 13.6. The molecule has 0 saturated carbocycles. The number of fused-ring (bicyclic) bond motifs is 1. The number of ether oxygens (including phenoxy) is 3. The van der Waals surface area contributed by atoms with Crippen LogP contribution in [0.2, 0.25) is 0 Å². The number of carboxylic acid groups (broad SMARTS) is 1. The Morgan fingerprint density at radius 2 is 2.00 bits per heavy atom. The van der Waals surface area contributed by atoms with E-state index in [2.05, 4.69) is 17.0 Å². The lowest BCUT2D eigenvalue weighted by Crippen LogP contribution is -2.23. The first-order valence-electron chi connectivity index (χ1n) is 9.24. The highest BCUT2D eigenvalue weighted by molar-refractivity contribution is 5.85. The van der Waals surface area contributed by atoms with Crippen molar-refractivity contribution in [2.75, 3.05) is 38.8 Å². The van der Waals surface area contributed by atoms with Gasteiger partial charge in [-0.2, -0.15) is 0 Å². The predicted molar refractivity (Wildman–Crippen MR) is 109 cm³/mol. The fourth-order valence-electron chi connectivity index (χ4n) is 3.32. The largest absolute Gasteiger partial charge is 0.497 e. The Bertz CT molecular complexity index is 862. The monoisotopic (exact) mass is 383 g/mol. The number of rotatable bonds is 9. The number of nitrogens with zero attached hydrogens (tertiary/aromatic N) is 1. The van der Waals surface area contributed by atoms with E-state index in [-0.39, 0.29) is 0 Å². The van der Waals surface area contributed by atoms with Crippen molar-refractivity contribution >= 4 is 17.7 Å². The van der Waals surface area contributed by atoms with Gasteiger partial charge in [0.1, 0.15) is 5.75 Å². The normalized spacial score (nSPS) is 12.9. The number of hydrogen-bond donors (Lipinski definition) is 1. The number of methoxy groups -OCH3 is 2. The number of aliphatic carboxylic acids is 1. The summed E-state index contributed by atoms with van der Waals surface area (Å²) in [7, 11) is 3.26. The Labute approximate surface area is 164 Å². The van der Waals surface area contributed by atoms with Crippen LogP contribution in [0.3, 0.4) is 0 Å². The first-order valence-corrected chi connectivity index (χ1v) is 9.24. The molecule has 2 aromatic rings. The fraction of sp³-hybridized carbons (Fsp3) is 0.318. The van der Waals surface area contributed by atoms with Gasteiger partial charge in [0.2, 0.25) is 0 Å². The molecule has 0 unspecified atom stereocenters. The van der Waals surface area contributed by atoms with Gasteiger partial charge in [-0.05, 0) is 60.4 Å². The minimum Gasteiger partial charge on any atom is -0.497 e. The van der Waals surface area contributed by atoms with Crippen molar-refractivity contribution in [1.29, 1.82) is 0 Å². The third-order valence-corrected chi connectivity index (χ3v) is 4.71. The molecular formula is C22H25NO5. The van der Waals surface area contributed by atoms with E-state index in [0.717, 1.165) is 43.3 Å². The molecule has 0 spiro atoms. The van der Waals surface area contributed by atoms with Crippen LogP contribution >= 0.6 is 0 Å². The van der Waals surface area contributed by atoms with Gasteiger partial charge in [-0.1, -0.05) is 6.07 Å². The van der Waals surface area contributed by atoms with E-state index in [1.165, 1.54) is 17.3 Å². The number of carbonyl (C=O) groups is 1. The summed E-state index contributed by atoms with van der Waals surface area (Å²) >= 11 is 0. The molecule has 0 aromatic heterocycles. The van der Waals surface area contributed by atoms with Crippen molar-refractivity contribution in [3.63, 3.8) is 0 Å². The van der Waals surface area contributed by atoms with Crippen LogP contribution in [0.5, 0.6) is 17.2 Å². The van der Waals surface area contributed by atoms with Crippen molar-refractivity contribution in [3.8, 4) is 17.2 Å². The third kappa shape index (κ3) is 4.76. The highest BCUT2D eigenvalue weighted by Gasteiger charge is 2.19. The molecular weight excluding hydrogens is 358 g/mol. The van der Waals surface area contributed by atoms with Gasteiger partial charge < -0.3 is 24.2 Å². The van der Waals surface area contributed by atoms with E-state index in [1.807, 2.05) is 6.07 Å². The van der Waals surface area contributed by atoms with Gasteiger partial charge in [-0.3, -0.25) is 0 Å². The average Bonchev–Trinajstić information content (AvgIpc) is 3.12. The summed E-state index contributed by atoms with van der Waals surface area (Å²) in [4.78, 5) is 13.0. The first kappa shape index (κ1) is 19.6. The number of anilines is 1. The molecule has 2 aromatic carbocycles. The lowest BCUT2D eigenvalue weighted by Gasteiger charge is -2.20. The molecule has 1 aliphatic rings. The molecule has 1 aliphatic heterocycles. The Kier molecular flexibility index (Phi) is 6.42. The number of hydrogen-bond acceptors (Lipinski definition) is 5. The zero-order chi connectivity index (χ0) is 19.9. The molecule has 6 nitrogen and oxygen atoms in total. The minimum atomic E-state index is -0.985. The van der Waals surface area contributed by atoms with Crippen LogP contribution < -0.4 is 19.1 Å². The Morgan fingerprint density at radius 1 is 1.14 bits per heavy atom. The van der Waals surface area contributed by atoms with E-state index < -0.39 is 5.97 Å². The molecule has 0 aliphatic carbocycles. The van der Waals surface area contributed by atoms with Gasteiger partial charge in [-0.25, -0.2) is 4.79 Å². The van der Waals surface area contributed by atoms with Crippen LogP contribution in [0.25, 0.3) is 6.08 Å². The fourth-order valence-corrected chi connectivity index (χ4v) is 3.32. The van der Waals surface area contributed by atoms with Gasteiger partial charge in [0.05, 0.1) is 20.8 Å². The Balaban J connectivity index is 1.53. The van der Waals surface area contributed by atoms with E-state index >= 15 is 0 Å². The molecule has 3 rings (SSSR count). The summed E-state index contributed by atoms with van der Waals surface area (Å²) in [5.41, 5.74) is 3.34. The molecule has 0 atom stereocenters. The van der Waals surface area contributed by atoms with Crippen molar-refractivity contribution in [1.82, 2.24) is 0 Å². The Hall–Kier alpha value is -3.15. The van der Waals surface area contributed by atoms with E-state index in [9.17, 15) is 4.79 Å². The molecule has 0 fully saturated rings. The maximum absolute atomic E-state index is 10.6. The second-order valence-corrected chi connectivity index (χ2v) is 6.52. The average molecular weight is 383 g/mol. The molecule has 1 N–H and O–H groups in total. The summed E-state index contributed by atoms with van der Waals surface area (Å²) in [5, 5.41) is 8.72. The predicted octanol–water partition coefficient (Wildman–Crippen LogP) is 3.63. The lowest BCUT2D eigenvalue weighted by atomic mass is 10.1. The zero-order valence-electron chi connectivity index (χ0n) is 16.2. The van der Waals surface area contributed by atoms with Gasteiger partial charge in [0.15, 0.2) is 11.5 Å². The van der Waals surface area contributed by atoms with Crippen molar-refractivity contribution < 1.29 is 24.1 Å². The lowest BCUT2D eigenvalue weighted by molar-refractivity contribution is -0.131. The minimum absolute atomic E-state index is 0.572. The van der Waals surface area contributed by atoms with Gasteiger partial charge in [0.25, 0.3) is 0 Å².